The van der Waals surface area contributed by atoms with Crippen LogP contribution in [0.2, 0.25) is 5.02 Å². The number of rotatable bonds is 2. The van der Waals surface area contributed by atoms with Crippen molar-refractivity contribution in [2.24, 2.45) is 0 Å². The molecule has 0 radical (unpaired) electrons. The second kappa shape index (κ2) is 7.10. The standard InChI is InChI=1S/C26H20ClNO3/c1-14-4-8-17(9-5-14)23-22-24(29)19-12-15(2)6-11-21(19)31-25(22)26(30)28(23)18-10-7-16(3)20(27)13-18/h4-13,23H,1-3H3. The van der Waals surface area contributed by atoms with Gasteiger partial charge in [0.2, 0.25) is 5.76 Å². The van der Waals surface area contributed by atoms with Crippen LogP contribution in [0.25, 0.3) is 11.0 Å². The lowest BCUT2D eigenvalue weighted by Crippen LogP contribution is -2.29. The minimum atomic E-state index is -0.594. The third-order valence-corrected chi connectivity index (χ3v) is 6.26. The van der Waals surface area contributed by atoms with E-state index >= 15 is 0 Å². The monoisotopic (exact) mass is 429 g/mol. The summed E-state index contributed by atoms with van der Waals surface area (Å²) in [6.45, 7) is 5.83. The van der Waals surface area contributed by atoms with Gasteiger partial charge in [0.25, 0.3) is 5.91 Å². The highest BCUT2D eigenvalue weighted by Gasteiger charge is 2.43. The number of aryl methyl sites for hydroxylation is 3. The third kappa shape index (κ3) is 3.06. The summed E-state index contributed by atoms with van der Waals surface area (Å²) >= 11 is 6.38. The first kappa shape index (κ1) is 19.6. The molecule has 0 saturated carbocycles. The Morgan fingerprint density at radius 3 is 2.29 bits per heavy atom. The number of hydrogen-bond acceptors (Lipinski definition) is 3. The molecule has 4 aromatic rings. The van der Waals surface area contributed by atoms with Crippen molar-refractivity contribution in [2.45, 2.75) is 26.8 Å². The zero-order valence-electron chi connectivity index (χ0n) is 17.4. The molecule has 5 heteroatoms. The Bertz CT molecular complexity index is 1420. The predicted molar refractivity (Wildman–Crippen MR) is 123 cm³/mol. The van der Waals surface area contributed by atoms with Gasteiger partial charge in [0.15, 0.2) is 5.43 Å². The Morgan fingerprint density at radius 2 is 1.58 bits per heavy atom. The molecule has 1 aromatic heterocycles. The summed E-state index contributed by atoms with van der Waals surface area (Å²) in [6.07, 6.45) is 0. The molecule has 1 aliphatic rings. The molecule has 1 unspecified atom stereocenters. The molecule has 5 rings (SSSR count). The van der Waals surface area contributed by atoms with E-state index in [0.717, 1.165) is 22.3 Å². The molecule has 4 nitrogen and oxygen atoms in total. The normalized spacial score (nSPS) is 15.5. The molecular formula is C26H20ClNO3. The minimum Gasteiger partial charge on any atom is -0.450 e. The van der Waals surface area contributed by atoms with Gasteiger partial charge in [0.1, 0.15) is 5.58 Å². The van der Waals surface area contributed by atoms with Crippen molar-refractivity contribution in [3.63, 3.8) is 0 Å². The van der Waals surface area contributed by atoms with Gasteiger partial charge in [0.05, 0.1) is 17.0 Å². The van der Waals surface area contributed by atoms with Crippen LogP contribution in [0.15, 0.2) is 69.9 Å². The predicted octanol–water partition coefficient (Wildman–Crippen LogP) is 6.12. The summed E-state index contributed by atoms with van der Waals surface area (Å²) in [5, 5.41) is 1.04. The van der Waals surface area contributed by atoms with Gasteiger partial charge in [-0.3, -0.25) is 14.5 Å². The van der Waals surface area contributed by atoms with Crippen LogP contribution in [-0.2, 0) is 0 Å². The van der Waals surface area contributed by atoms with E-state index in [-0.39, 0.29) is 17.1 Å². The topological polar surface area (TPSA) is 50.5 Å². The highest BCUT2D eigenvalue weighted by atomic mass is 35.5. The Labute approximate surface area is 184 Å². The van der Waals surface area contributed by atoms with E-state index in [0.29, 0.717) is 27.2 Å². The van der Waals surface area contributed by atoms with Crippen LogP contribution in [0.5, 0.6) is 0 Å². The first-order valence-electron chi connectivity index (χ1n) is 10.1. The van der Waals surface area contributed by atoms with Gasteiger partial charge in [0, 0.05) is 10.7 Å². The van der Waals surface area contributed by atoms with Crippen LogP contribution in [-0.4, -0.2) is 5.91 Å². The fraction of sp³-hybridized carbons (Fsp3) is 0.154. The number of fused-ring (bicyclic) bond motifs is 2. The Kier molecular flexibility index (Phi) is 4.49. The number of carbonyl (C=O) groups excluding carboxylic acids is 1. The second-order valence-electron chi connectivity index (χ2n) is 8.10. The zero-order chi connectivity index (χ0) is 21.9. The first-order chi connectivity index (χ1) is 14.8. The van der Waals surface area contributed by atoms with E-state index in [1.165, 1.54) is 0 Å². The highest BCUT2D eigenvalue weighted by molar-refractivity contribution is 6.31. The zero-order valence-corrected chi connectivity index (χ0v) is 18.2. The summed E-state index contributed by atoms with van der Waals surface area (Å²) in [6, 6.07) is 18.2. The molecule has 0 saturated heterocycles. The SMILES string of the molecule is Cc1ccc(C2c3c(oc4ccc(C)cc4c3=O)C(=O)N2c2ccc(C)c(Cl)c2)cc1. The molecule has 1 amide bonds. The molecule has 0 spiro atoms. The van der Waals surface area contributed by atoms with Gasteiger partial charge < -0.3 is 4.42 Å². The van der Waals surface area contributed by atoms with Crippen molar-refractivity contribution in [1.29, 1.82) is 0 Å². The van der Waals surface area contributed by atoms with Crippen molar-refractivity contribution in [3.8, 4) is 0 Å². The third-order valence-electron chi connectivity index (χ3n) is 5.85. The number of halogens is 1. The first-order valence-corrected chi connectivity index (χ1v) is 10.5. The number of hydrogen-bond donors (Lipinski definition) is 0. The molecular weight excluding hydrogens is 410 g/mol. The molecule has 31 heavy (non-hydrogen) atoms. The smallest absolute Gasteiger partial charge is 0.295 e. The summed E-state index contributed by atoms with van der Waals surface area (Å²) < 4.78 is 6.01. The van der Waals surface area contributed by atoms with Crippen LogP contribution in [0.4, 0.5) is 5.69 Å². The van der Waals surface area contributed by atoms with Crippen LogP contribution in [0.3, 0.4) is 0 Å². The van der Waals surface area contributed by atoms with Crippen LogP contribution in [0.1, 0.15) is 44.4 Å². The maximum atomic E-state index is 13.6. The molecule has 1 atom stereocenters. The molecule has 154 valence electrons. The van der Waals surface area contributed by atoms with Gasteiger partial charge in [-0.15, -0.1) is 0 Å². The van der Waals surface area contributed by atoms with Crippen molar-refractivity contribution in [3.05, 3.63) is 109 Å². The number of carbonyl (C=O) groups is 1. The molecule has 1 aliphatic heterocycles. The summed E-state index contributed by atoms with van der Waals surface area (Å²) in [7, 11) is 0. The van der Waals surface area contributed by atoms with Crippen molar-refractivity contribution < 1.29 is 9.21 Å². The molecule has 2 heterocycles. The maximum Gasteiger partial charge on any atom is 0.295 e. The fourth-order valence-corrected chi connectivity index (χ4v) is 4.32. The Morgan fingerprint density at radius 1 is 0.871 bits per heavy atom. The quantitative estimate of drug-likeness (QED) is 0.385. The van der Waals surface area contributed by atoms with Gasteiger partial charge >= 0.3 is 0 Å². The van der Waals surface area contributed by atoms with E-state index < -0.39 is 6.04 Å². The lowest BCUT2D eigenvalue weighted by molar-refractivity contribution is 0.0971. The highest BCUT2D eigenvalue weighted by Crippen LogP contribution is 2.42. The van der Waals surface area contributed by atoms with E-state index in [2.05, 4.69) is 0 Å². The molecule has 0 aliphatic carbocycles. The van der Waals surface area contributed by atoms with Gasteiger partial charge in [-0.1, -0.05) is 59.1 Å². The average molecular weight is 430 g/mol. The van der Waals surface area contributed by atoms with E-state index in [9.17, 15) is 9.59 Å². The maximum absolute atomic E-state index is 13.6. The number of benzene rings is 3. The van der Waals surface area contributed by atoms with Gasteiger partial charge in [-0.25, -0.2) is 0 Å². The van der Waals surface area contributed by atoms with E-state index in [1.807, 2.05) is 69.3 Å². The van der Waals surface area contributed by atoms with Crippen LogP contribution >= 0.6 is 11.6 Å². The Hall–Kier alpha value is -3.37. The number of amides is 1. The van der Waals surface area contributed by atoms with Crippen LogP contribution in [0, 0.1) is 20.8 Å². The van der Waals surface area contributed by atoms with Crippen molar-refractivity contribution in [1.82, 2.24) is 0 Å². The average Bonchev–Trinajstić information content (AvgIpc) is 3.04. The summed E-state index contributed by atoms with van der Waals surface area (Å²) in [5.41, 5.74) is 5.03. The molecule has 0 bridgehead atoms. The summed E-state index contributed by atoms with van der Waals surface area (Å²) in [4.78, 5) is 28.8. The second-order valence-corrected chi connectivity index (χ2v) is 8.50. The number of anilines is 1. The summed E-state index contributed by atoms with van der Waals surface area (Å²) in [5.74, 6) is -0.260. The minimum absolute atomic E-state index is 0.0867. The van der Waals surface area contributed by atoms with Crippen molar-refractivity contribution >= 4 is 34.2 Å². The molecule has 3 aromatic carbocycles. The van der Waals surface area contributed by atoms with E-state index in [1.54, 1.807) is 17.0 Å². The van der Waals surface area contributed by atoms with E-state index in [4.69, 9.17) is 16.0 Å². The lowest BCUT2D eigenvalue weighted by atomic mass is 9.97. The largest absolute Gasteiger partial charge is 0.450 e. The Balaban J connectivity index is 1.82. The van der Waals surface area contributed by atoms with Crippen molar-refractivity contribution in [2.75, 3.05) is 4.90 Å². The molecule has 0 N–H and O–H groups in total. The van der Waals surface area contributed by atoms with Crippen LogP contribution < -0.4 is 10.3 Å². The fourth-order valence-electron chi connectivity index (χ4n) is 4.15. The lowest BCUT2D eigenvalue weighted by Gasteiger charge is -2.25. The van der Waals surface area contributed by atoms with Gasteiger partial charge in [-0.2, -0.15) is 0 Å². The molecule has 0 fully saturated rings. The number of nitrogens with zero attached hydrogens (tertiary/aromatic N) is 1. The van der Waals surface area contributed by atoms with Gasteiger partial charge in [-0.05, 0) is 56.2 Å².